The van der Waals surface area contributed by atoms with Gasteiger partial charge in [0.05, 0.1) is 0 Å². The van der Waals surface area contributed by atoms with Crippen molar-refractivity contribution < 1.29 is 13.6 Å². The summed E-state index contributed by atoms with van der Waals surface area (Å²) in [4.78, 5) is 13.6. The van der Waals surface area contributed by atoms with E-state index < -0.39 is 11.6 Å². The predicted octanol–water partition coefficient (Wildman–Crippen LogP) is 1.40. The summed E-state index contributed by atoms with van der Waals surface area (Å²) in [5.74, 6) is -2.21. The standard InChI is InChI=1S/C12H14F2N2O/c1-16(9-4-5-15-7-9)12(17)8-2-3-10(13)11(14)6-8/h2-3,6,9,15H,4-5,7H2,1H3. The zero-order valence-electron chi connectivity index (χ0n) is 9.54. The summed E-state index contributed by atoms with van der Waals surface area (Å²) in [5.41, 5.74) is 0.179. The van der Waals surface area contributed by atoms with Crippen LogP contribution < -0.4 is 5.32 Å². The van der Waals surface area contributed by atoms with Gasteiger partial charge in [0.2, 0.25) is 0 Å². The molecule has 1 atom stereocenters. The highest BCUT2D eigenvalue weighted by atomic mass is 19.2. The number of benzene rings is 1. The second kappa shape index (κ2) is 4.79. The third-order valence-electron chi connectivity index (χ3n) is 3.07. The first-order valence-electron chi connectivity index (χ1n) is 5.52. The van der Waals surface area contributed by atoms with E-state index in [0.717, 1.165) is 31.6 Å². The Morgan fingerprint density at radius 3 is 2.76 bits per heavy atom. The molecule has 1 N–H and O–H groups in total. The molecule has 2 rings (SSSR count). The van der Waals surface area contributed by atoms with E-state index in [0.29, 0.717) is 0 Å². The van der Waals surface area contributed by atoms with Gasteiger partial charge >= 0.3 is 0 Å². The molecule has 1 heterocycles. The first-order valence-corrected chi connectivity index (χ1v) is 5.52. The van der Waals surface area contributed by atoms with Crippen molar-refractivity contribution in [3.8, 4) is 0 Å². The van der Waals surface area contributed by atoms with Crippen LogP contribution >= 0.6 is 0 Å². The molecule has 1 fully saturated rings. The van der Waals surface area contributed by atoms with Crippen molar-refractivity contribution in [2.24, 2.45) is 0 Å². The van der Waals surface area contributed by atoms with Crippen LogP contribution in [0.4, 0.5) is 8.78 Å². The van der Waals surface area contributed by atoms with Gasteiger partial charge in [-0.05, 0) is 31.2 Å². The summed E-state index contributed by atoms with van der Waals surface area (Å²) >= 11 is 0. The van der Waals surface area contributed by atoms with E-state index in [9.17, 15) is 13.6 Å². The van der Waals surface area contributed by atoms with Gasteiger partial charge in [-0.15, -0.1) is 0 Å². The van der Waals surface area contributed by atoms with E-state index in [-0.39, 0.29) is 17.5 Å². The molecule has 0 spiro atoms. The number of nitrogens with zero attached hydrogens (tertiary/aromatic N) is 1. The molecule has 0 radical (unpaired) electrons. The number of nitrogens with one attached hydrogen (secondary N) is 1. The number of amides is 1. The van der Waals surface area contributed by atoms with Crippen LogP contribution in [-0.4, -0.2) is 37.0 Å². The van der Waals surface area contributed by atoms with Crippen LogP contribution in [0.15, 0.2) is 18.2 Å². The molecule has 1 aliphatic rings. The second-order valence-corrected chi connectivity index (χ2v) is 4.19. The van der Waals surface area contributed by atoms with Crippen LogP contribution in [0.5, 0.6) is 0 Å². The highest BCUT2D eigenvalue weighted by Gasteiger charge is 2.24. The maximum atomic E-state index is 13.0. The minimum absolute atomic E-state index is 0.121. The molecule has 1 saturated heterocycles. The molecule has 1 unspecified atom stereocenters. The van der Waals surface area contributed by atoms with E-state index in [1.54, 1.807) is 11.9 Å². The molecule has 1 aromatic carbocycles. The Hall–Kier alpha value is -1.49. The summed E-state index contributed by atoms with van der Waals surface area (Å²) in [5, 5.41) is 3.15. The fraction of sp³-hybridized carbons (Fsp3) is 0.417. The Bertz CT molecular complexity index is 431. The van der Waals surface area contributed by atoms with Crippen LogP contribution in [0, 0.1) is 11.6 Å². The zero-order chi connectivity index (χ0) is 12.4. The topological polar surface area (TPSA) is 32.3 Å². The third-order valence-corrected chi connectivity index (χ3v) is 3.07. The lowest BCUT2D eigenvalue weighted by atomic mass is 10.1. The van der Waals surface area contributed by atoms with Gasteiger partial charge in [0.15, 0.2) is 11.6 Å². The Morgan fingerprint density at radius 1 is 1.41 bits per heavy atom. The fourth-order valence-corrected chi connectivity index (χ4v) is 1.97. The lowest BCUT2D eigenvalue weighted by Gasteiger charge is -2.23. The van der Waals surface area contributed by atoms with Crippen molar-refractivity contribution in [2.45, 2.75) is 12.5 Å². The van der Waals surface area contributed by atoms with Crippen LogP contribution in [0.2, 0.25) is 0 Å². The number of halogens is 2. The van der Waals surface area contributed by atoms with E-state index in [1.165, 1.54) is 6.07 Å². The Balaban J connectivity index is 2.15. The predicted molar refractivity (Wildman–Crippen MR) is 59.7 cm³/mol. The van der Waals surface area contributed by atoms with Gasteiger partial charge in [-0.25, -0.2) is 8.78 Å². The van der Waals surface area contributed by atoms with Crippen molar-refractivity contribution in [2.75, 3.05) is 20.1 Å². The molecule has 1 aromatic rings. The van der Waals surface area contributed by atoms with Gasteiger partial charge in [0, 0.05) is 25.2 Å². The van der Waals surface area contributed by atoms with E-state index in [1.807, 2.05) is 0 Å². The largest absolute Gasteiger partial charge is 0.337 e. The molecule has 3 nitrogen and oxygen atoms in total. The van der Waals surface area contributed by atoms with E-state index in [2.05, 4.69) is 5.32 Å². The lowest BCUT2D eigenvalue weighted by molar-refractivity contribution is 0.0743. The Kier molecular flexibility index (Phi) is 3.38. The van der Waals surface area contributed by atoms with Crippen molar-refractivity contribution in [1.29, 1.82) is 0 Å². The molecular weight excluding hydrogens is 226 g/mol. The molecule has 17 heavy (non-hydrogen) atoms. The summed E-state index contributed by atoms with van der Waals surface area (Å²) in [6, 6.07) is 3.34. The van der Waals surface area contributed by atoms with E-state index in [4.69, 9.17) is 0 Å². The summed E-state index contributed by atoms with van der Waals surface area (Å²) in [7, 11) is 1.68. The first-order chi connectivity index (χ1) is 8.09. The Labute approximate surface area is 98.4 Å². The maximum absolute atomic E-state index is 13.0. The quantitative estimate of drug-likeness (QED) is 0.847. The number of hydrogen-bond donors (Lipinski definition) is 1. The van der Waals surface area contributed by atoms with Crippen molar-refractivity contribution >= 4 is 5.91 Å². The van der Waals surface area contributed by atoms with Crippen LogP contribution in [-0.2, 0) is 0 Å². The third kappa shape index (κ3) is 2.44. The second-order valence-electron chi connectivity index (χ2n) is 4.19. The zero-order valence-corrected chi connectivity index (χ0v) is 9.54. The fourth-order valence-electron chi connectivity index (χ4n) is 1.97. The van der Waals surface area contributed by atoms with Crippen molar-refractivity contribution in [3.63, 3.8) is 0 Å². The van der Waals surface area contributed by atoms with Gasteiger partial charge in [-0.1, -0.05) is 0 Å². The van der Waals surface area contributed by atoms with Gasteiger partial charge in [-0.2, -0.15) is 0 Å². The number of hydrogen-bond acceptors (Lipinski definition) is 2. The normalized spacial score (nSPS) is 19.4. The van der Waals surface area contributed by atoms with Gasteiger partial charge in [0.25, 0.3) is 5.91 Å². The highest BCUT2D eigenvalue weighted by Crippen LogP contribution is 2.14. The highest BCUT2D eigenvalue weighted by molar-refractivity contribution is 5.94. The monoisotopic (exact) mass is 240 g/mol. The molecule has 0 saturated carbocycles. The summed E-state index contributed by atoms with van der Waals surface area (Å²) in [6.45, 7) is 1.62. The lowest BCUT2D eigenvalue weighted by Crippen LogP contribution is -2.38. The first kappa shape index (κ1) is 12.0. The smallest absolute Gasteiger partial charge is 0.253 e. The SMILES string of the molecule is CN(C(=O)c1ccc(F)c(F)c1)C1CCNC1. The number of rotatable bonds is 2. The van der Waals surface area contributed by atoms with Crippen LogP contribution in [0.1, 0.15) is 16.8 Å². The van der Waals surface area contributed by atoms with E-state index >= 15 is 0 Å². The van der Waals surface area contributed by atoms with Gasteiger partial charge in [0.1, 0.15) is 0 Å². The summed E-state index contributed by atoms with van der Waals surface area (Å²) < 4.78 is 25.8. The maximum Gasteiger partial charge on any atom is 0.253 e. The average molecular weight is 240 g/mol. The molecule has 0 bridgehead atoms. The average Bonchev–Trinajstić information content (AvgIpc) is 2.84. The van der Waals surface area contributed by atoms with Crippen LogP contribution in [0.3, 0.4) is 0 Å². The minimum Gasteiger partial charge on any atom is -0.337 e. The molecule has 1 amide bonds. The minimum atomic E-state index is -0.992. The molecule has 1 aliphatic heterocycles. The molecule has 0 aromatic heterocycles. The number of likely N-dealkylation sites (N-methyl/N-ethyl adjacent to an activating group) is 1. The molecular formula is C12H14F2N2O. The van der Waals surface area contributed by atoms with Crippen molar-refractivity contribution in [3.05, 3.63) is 35.4 Å². The molecule has 0 aliphatic carbocycles. The Morgan fingerprint density at radius 2 is 2.18 bits per heavy atom. The van der Waals surface area contributed by atoms with Gasteiger partial charge in [-0.3, -0.25) is 4.79 Å². The molecule has 5 heteroatoms. The molecule has 92 valence electrons. The van der Waals surface area contributed by atoms with Gasteiger partial charge < -0.3 is 10.2 Å². The van der Waals surface area contributed by atoms with Crippen molar-refractivity contribution in [1.82, 2.24) is 10.2 Å². The summed E-state index contributed by atoms with van der Waals surface area (Å²) in [6.07, 6.45) is 0.881. The number of carbonyl (C=O) groups excluding carboxylic acids is 1. The van der Waals surface area contributed by atoms with Crippen LogP contribution in [0.25, 0.3) is 0 Å². The number of carbonyl (C=O) groups is 1.